The van der Waals surface area contributed by atoms with Crippen molar-refractivity contribution < 1.29 is 0 Å². The van der Waals surface area contributed by atoms with Gasteiger partial charge < -0.3 is 9.88 Å². The highest BCUT2D eigenvalue weighted by atomic mass is 15.1. The molecular formula is C11H14N4. The predicted molar refractivity (Wildman–Crippen MR) is 58.7 cm³/mol. The lowest BCUT2D eigenvalue weighted by molar-refractivity contribution is 0.767. The van der Waals surface area contributed by atoms with Crippen LogP contribution < -0.4 is 5.32 Å². The molecule has 0 saturated carbocycles. The molecule has 3 heterocycles. The van der Waals surface area contributed by atoms with Crippen LogP contribution in [0.25, 0.3) is 11.2 Å². The fourth-order valence-electron chi connectivity index (χ4n) is 2.30. The van der Waals surface area contributed by atoms with Crippen molar-refractivity contribution in [2.45, 2.75) is 12.3 Å². The van der Waals surface area contributed by atoms with Crippen molar-refractivity contribution in [2.24, 2.45) is 7.05 Å². The molecule has 1 aliphatic rings. The number of aromatic nitrogens is 3. The van der Waals surface area contributed by atoms with Crippen LogP contribution in [0, 0.1) is 0 Å². The van der Waals surface area contributed by atoms with Gasteiger partial charge in [-0.2, -0.15) is 0 Å². The van der Waals surface area contributed by atoms with Gasteiger partial charge in [-0.15, -0.1) is 0 Å². The third kappa shape index (κ3) is 1.33. The van der Waals surface area contributed by atoms with Crippen LogP contribution >= 0.6 is 0 Å². The molecule has 4 nitrogen and oxygen atoms in total. The number of nitrogens with one attached hydrogen (secondary N) is 1. The van der Waals surface area contributed by atoms with Crippen molar-refractivity contribution in [3.05, 3.63) is 24.2 Å². The summed E-state index contributed by atoms with van der Waals surface area (Å²) in [5, 5.41) is 3.39. The summed E-state index contributed by atoms with van der Waals surface area (Å²) in [4.78, 5) is 8.79. The van der Waals surface area contributed by atoms with Crippen molar-refractivity contribution in [2.75, 3.05) is 13.1 Å². The molecule has 0 amide bonds. The largest absolute Gasteiger partial charge is 0.318 e. The predicted octanol–water partition coefficient (Wildman–Crippen LogP) is 1.05. The van der Waals surface area contributed by atoms with E-state index in [1.165, 1.54) is 12.0 Å². The molecular weight excluding hydrogens is 188 g/mol. The van der Waals surface area contributed by atoms with E-state index in [4.69, 9.17) is 0 Å². The van der Waals surface area contributed by atoms with Crippen molar-refractivity contribution in [1.82, 2.24) is 19.9 Å². The summed E-state index contributed by atoms with van der Waals surface area (Å²) in [7, 11) is 1.99. The van der Waals surface area contributed by atoms with Crippen molar-refractivity contribution in [3.8, 4) is 0 Å². The normalized spacial score (nSPS) is 21.3. The summed E-state index contributed by atoms with van der Waals surface area (Å²) in [5.74, 6) is 0.602. The maximum absolute atomic E-state index is 4.44. The maximum atomic E-state index is 4.44. The topological polar surface area (TPSA) is 42.7 Å². The highest BCUT2D eigenvalue weighted by Crippen LogP contribution is 2.27. The van der Waals surface area contributed by atoms with E-state index in [0.717, 1.165) is 24.3 Å². The molecule has 1 N–H and O–H groups in total. The molecule has 1 saturated heterocycles. The number of hydrogen-bond donors (Lipinski definition) is 1. The number of hydrogen-bond acceptors (Lipinski definition) is 3. The molecule has 0 radical (unpaired) electrons. The molecule has 1 fully saturated rings. The fraction of sp³-hybridized carbons (Fsp3) is 0.455. The van der Waals surface area contributed by atoms with Gasteiger partial charge >= 0.3 is 0 Å². The maximum Gasteiger partial charge on any atom is 0.159 e. The minimum absolute atomic E-state index is 0.602. The molecule has 0 bridgehead atoms. The summed E-state index contributed by atoms with van der Waals surface area (Å²) >= 11 is 0. The Labute approximate surface area is 88.3 Å². The number of rotatable bonds is 1. The van der Waals surface area contributed by atoms with E-state index in [1.807, 2.05) is 24.1 Å². The highest BCUT2D eigenvalue weighted by molar-refractivity contribution is 5.75. The van der Waals surface area contributed by atoms with Gasteiger partial charge in [-0.3, -0.25) is 0 Å². The Balaban J connectivity index is 2.17. The number of pyridine rings is 1. The summed E-state index contributed by atoms with van der Waals surface area (Å²) in [6.07, 6.45) is 4.93. The van der Waals surface area contributed by atoms with Gasteiger partial charge in [-0.05, 0) is 30.5 Å². The molecule has 1 aliphatic heterocycles. The van der Waals surface area contributed by atoms with Crippen LogP contribution in [0.15, 0.2) is 18.6 Å². The summed E-state index contributed by atoms with van der Waals surface area (Å²) in [5.41, 5.74) is 3.39. The lowest BCUT2D eigenvalue weighted by Crippen LogP contribution is -2.08. The van der Waals surface area contributed by atoms with Gasteiger partial charge in [0.25, 0.3) is 0 Å². The quantitative estimate of drug-likeness (QED) is 0.751. The standard InChI is InChI=1S/C11H14N4/c1-15-7-14-10-9(3-5-13-11(10)15)8-2-4-12-6-8/h3,5,7-8,12H,2,4,6H2,1H3. The monoisotopic (exact) mass is 202 g/mol. The first-order valence-electron chi connectivity index (χ1n) is 5.33. The Morgan fingerprint density at radius 2 is 2.40 bits per heavy atom. The molecule has 1 unspecified atom stereocenters. The van der Waals surface area contributed by atoms with Crippen LogP contribution in [0.4, 0.5) is 0 Å². The van der Waals surface area contributed by atoms with Crippen molar-refractivity contribution >= 4 is 11.2 Å². The second-order valence-corrected chi connectivity index (χ2v) is 4.12. The Morgan fingerprint density at radius 1 is 1.47 bits per heavy atom. The number of aryl methyl sites for hydroxylation is 1. The van der Waals surface area contributed by atoms with Crippen LogP contribution in [0.2, 0.25) is 0 Å². The molecule has 2 aromatic heterocycles. The average molecular weight is 202 g/mol. The van der Waals surface area contributed by atoms with Crippen LogP contribution in [0.3, 0.4) is 0 Å². The lowest BCUT2D eigenvalue weighted by Gasteiger charge is -2.08. The molecule has 0 aliphatic carbocycles. The first-order chi connectivity index (χ1) is 7.36. The SMILES string of the molecule is Cn1cnc2c(C3CCNC3)ccnc21. The van der Waals surface area contributed by atoms with E-state index in [0.29, 0.717) is 5.92 Å². The Kier molecular flexibility index (Phi) is 1.95. The lowest BCUT2D eigenvalue weighted by atomic mass is 9.99. The van der Waals surface area contributed by atoms with E-state index >= 15 is 0 Å². The van der Waals surface area contributed by atoms with Gasteiger partial charge in [0.2, 0.25) is 0 Å². The zero-order chi connectivity index (χ0) is 10.3. The first-order valence-corrected chi connectivity index (χ1v) is 5.33. The zero-order valence-corrected chi connectivity index (χ0v) is 8.77. The van der Waals surface area contributed by atoms with E-state index < -0.39 is 0 Å². The van der Waals surface area contributed by atoms with Crippen LogP contribution in [0.5, 0.6) is 0 Å². The van der Waals surface area contributed by atoms with E-state index in [1.54, 1.807) is 0 Å². The van der Waals surface area contributed by atoms with Gasteiger partial charge in [0.05, 0.1) is 6.33 Å². The molecule has 0 aromatic carbocycles. The molecule has 3 rings (SSSR count). The molecule has 15 heavy (non-hydrogen) atoms. The van der Waals surface area contributed by atoms with Gasteiger partial charge in [0.15, 0.2) is 5.65 Å². The Morgan fingerprint density at radius 3 is 3.20 bits per heavy atom. The minimum Gasteiger partial charge on any atom is -0.318 e. The van der Waals surface area contributed by atoms with Crippen molar-refractivity contribution in [1.29, 1.82) is 0 Å². The molecule has 1 atom stereocenters. The average Bonchev–Trinajstić information content (AvgIpc) is 2.88. The van der Waals surface area contributed by atoms with Crippen LogP contribution in [-0.2, 0) is 7.05 Å². The molecule has 78 valence electrons. The highest BCUT2D eigenvalue weighted by Gasteiger charge is 2.20. The van der Waals surface area contributed by atoms with Crippen molar-refractivity contribution in [3.63, 3.8) is 0 Å². The second-order valence-electron chi connectivity index (χ2n) is 4.12. The van der Waals surface area contributed by atoms with E-state index in [9.17, 15) is 0 Å². The van der Waals surface area contributed by atoms with E-state index in [-0.39, 0.29) is 0 Å². The smallest absolute Gasteiger partial charge is 0.159 e. The van der Waals surface area contributed by atoms with E-state index in [2.05, 4.69) is 21.4 Å². The number of nitrogens with zero attached hydrogens (tertiary/aromatic N) is 3. The van der Waals surface area contributed by atoms with Gasteiger partial charge in [0.1, 0.15) is 5.52 Å². The van der Waals surface area contributed by atoms with Gasteiger partial charge in [-0.25, -0.2) is 9.97 Å². The Hall–Kier alpha value is -1.42. The summed E-state index contributed by atoms with van der Waals surface area (Å²) in [6, 6.07) is 2.10. The second kappa shape index (κ2) is 3.31. The van der Waals surface area contributed by atoms with Gasteiger partial charge in [0, 0.05) is 19.8 Å². The molecule has 2 aromatic rings. The third-order valence-electron chi connectivity index (χ3n) is 3.13. The fourth-order valence-corrected chi connectivity index (χ4v) is 2.30. The number of imidazole rings is 1. The van der Waals surface area contributed by atoms with Gasteiger partial charge in [-0.1, -0.05) is 0 Å². The molecule has 4 heteroatoms. The minimum atomic E-state index is 0.602. The first kappa shape index (κ1) is 8.85. The number of fused-ring (bicyclic) bond motifs is 1. The van der Waals surface area contributed by atoms with Crippen LogP contribution in [0.1, 0.15) is 17.9 Å². The summed E-state index contributed by atoms with van der Waals surface area (Å²) in [6.45, 7) is 2.18. The summed E-state index contributed by atoms with van der Waals surface area (Å²) < 4.78 is 1.97. The third-order valence-corrected chi connectivity index (χ3v) is 3.13. The van der Waals surface area contributed by atoms with Crippen LogP contribution in [-0.4, -0.2) is 27.6 Å². The Bertz CT molecular complexity index is 482. The molecule has 0 spiro atoms. The zero-order valence-electron chi connectivity index (χ0n) is 8.77.